The number of para-hydroxylation sites is 1. The first-order valence-corrected chi connectivity index (χ1v) is 7.86. The number of benzene rings is 1. The Morgan fingerprint density at radius 2 is 2.12 bits per heavy atom. The van der Waals surface area contributed by atoms with Gasteiger partial charge in [-0.25, -0.2) is 9.50 Å². The van der Waals surface area contributed by atoms with Gasteiger partial charge in [-0.1, -0.05) is 6.07 Å². The van der Waals surface area contributed by atoms with E-state index in [1.807, 2.05) is 6.20 Å². The molecule has 8 nitrogen and oxygen atoms in total. The van der Waals surface area contributed by atoms with Crippen molar-refractivity contribution in [3.05, 3.63) is 48.0 Å². The average molecular weight is 341 g/mol. The minimum absolute atomic E-state index is 0.194. The molecule has 0 radical (unpaired) electrons. The molecular weight excluding hydrogens is 322 g/mol. The maximum atomic E-state index is 12.4. The molecule has 1 N–H and O–H groups in total. The van der Waals surface area contributed by atoms with Gasteiger partial charge in [-0.15, -0.1) is 0 Å². The van der Waals surface area contributed by atoms with Crippen LogP contribution in [0.4, 0.5) is 0 Å². The summed E-state index contributed by atoms with van der Waals surface area (Å²) in [5.74, 6) is 1.34. The third kappa shape index (κ3) is 3.68. The largest absolute Gasteiger partial charge is 0.493 e. The van der Waals surface area contributed by atoms with E-state index in [0.29, 0.717) is 29.4 Å². The lowest BCUT2D eigenvalue weighted by molar-refractivity contribution is 0.0949. The van der Waals surface area contributed by atoms with Crippen molar-refractivity contribution in [2.45, 2.75) is 12.8 Å². The highest BCUT2D eigenvalue weighted by atomic mass is 16.5. The van der Waals surface area contributed by atoms with Gasteiger partial charge < -0.3 is 14.8 Å². The first-order chi connectivity index (χ1) is 12.2. The minimum atomic E-state index is -0.194. The van der Waals surface area contributed by atoms with Gasteiger partial charge in [-0.2, -0.15) is 10.1 Å². The van der Waals surface area contributed by atoms with E-state index in [1.54, 1.807) is 36.0 Å². The van der Waals surface area contributed by atoms with Crippen LogP contribution in [0.25, 0.3) is 5.78 Å². The quantitative estimate of drug-likeness (QED) is 0.655. The minimum Gasteiger partial charge on any atom is -0.493 e. The Morgan fingerprint density at radius 1 is 1.24 bits per heavy atom. The number of rotatable bonds is 7. The molecule has 0 saturated carbocycles. The van der Waals surface area contributed by atoms with Crippen molar-refractivity contribution < 1.29 is 14.3 Å². The third-order valence-corrected chi connectivity index (χ3v) is 3.76. The summed E-state index contributed by atoms with van der Waals surface area (Å²) in [5, 5.41) is 6.96. The second-order valence-corrected chi connectivity index (χ2v) is 5.37. The molecule has 2 heterocycles. The summed E-state index contributed by atoms with van der Waals surface area (Å²) in [6.45, 7) is 0.536. The van der Waals surface area contributed by atoms with E-state index in [2.05, 4.69) is 20.4 Å². The number of nitrogens with zero attached hydrogens (tertiary/aromatic N) is 4. The van der Waals surface area contributed by atoms with Crippen LogP contribution in [0, 0.1) is 0 Å². The Morgan fingerprint density at radius 3 is 2.92 bits per heavy atom. The zero-order valence-electron chi connectivity index (χ0n) is 14.1. The smallest absolute Gasteiger partial charge is 0.255 e. The van der Waals surface area contributed by atoms with Crippen LogP contribution in [0.3, 0.4) is 0 Å². The summed E-state index contributed by atoms with van der Waals surface area (Å²) >= 11 is 0. The molecule has 3 rings (SSSR count). The molecule has 3 aromatic rings. The average Bonchev–Trinajstić information content (AvgIpc) is 3.12. The molecule has 8 heteroatoms. The summed E-state index contributed by atoms with van der Waals surface area (Å²) < 4.78 is 12.1. The van der Waals surface area contributed by atoms with Crippen molar-refractivity contribution >= 4 is 11.7 Å². The summed E-state index contributed by atoms with van der Waals surface area (Å²) in [6, 6.07) is 5.22. The van der Waals surface area contributed by atoms with E-state index in [4.69, 9.17) is 9.47 Å². The number of hydrogen-bond acceptors (Lipinski definition) is 6. The van der Waals surface area contributed by atoms with Crippen molar-refractivity contribution in [3.63, 3.8) is 0 Å². The Kier molecular flexibility index (Phi) is 5.08. The SMILES string of the molecule is COc1cccc(C(=O)NCCCc2cnc3ncnn3c2)c1OC. The molecule has 130 valence electrons. The lowest BCUT2D eigenvalue weighted by Crippen LogP contribution is -2.25. The van der Waals surface area contributed by atoms with Crippen LogP contribution in [-0.4, -0.2) is 46.3 Å². The zero-order valence-corrected chi connectivity index (χ0v) is 14.1. The molecule has 2 aromatic heterocycles. The van der Waals surface area contributed by atoms with Gasteiger partial charge >= 0.3 is 0 Å². The van der Waals surface area contributed by atoms with Gasteiger partial charge in [0.05, 0.1) is 19.8 Å². The van der Waals surface area contributed by atoms with Crippen LogP contribution < -0.4 is 14.8 Å². The maximum Gasteiger partial charge on any atom is 0.255 e. The number of hydrogen-bond donors (Lipinski definition) is 1. The number of aromatic nitrogens is 4. The normalized spacial score (nSPS) is 10.6. The molecule has 1 aromatic carbocycles. The number of methoxy groups -OCH3 is 2. The zero-order chi connectivity index (χ0) is 17.6. The van der Waals surface area contributed by atoms with Crippen LogP contribution >= 0.6 is 0 Å². The monoisotopic (exact) mass is 341 g/mol. The molecule has 1 amide bonds. The second kappa shape index (κ2) is 7.61. The van der Waals surface area contributed by atoms with E-state index in [-0.39, 0.29) is 5.91 Å². The van der Waals surface area contributed by atoms with E-state index in [9.17, 15) is 4.79 Å². The molecule has 0 aliphatic rings. The van der Waals surface area contributed by atoms with E-state index >= 15 is 0 Å². The molecule has 0 unspecified atom stereocenters. The van der Waals surface area contributed by atoms with Gasteiger partial charge in [0.1, 0.15) is 6.33 Å². The molecular formula is C17H19N5O3. The number of carbonyl (C=O) groups is 1. The highest BCUT2D eigenvalue weighted by Crippen LogP contribution is 2.30. The summed E-state index contributed by atoms with van der Waals surface area (Å²) in [7, 11) is 3.06. The van der Waals surface area contributed by atoms with Crippen LogP contribution in [0.15, 0.2) is 36.9 Å². The van der Waals surface area contributed by atoms with Crippen LogP contribution in [0.5, 0.6) is 11.5 Å². The fourth-order valence-corrected chi connectivity index (χ4v) is 2.54. The van der Waals surface area contributed by atoms with Crippen LogP contribution in [-0.2, 0) is 6.42 Å². The molecule has 0 aliphatic heterocycles. The van der Waals surface area contributed by atoms with E-state index < -0.39 is 0 Å². The van der Waals surface area contributed by atoms with Gasteiger partial charge in [0.2, 0.25) is 0 Å². The lowest BCUT2D eigenvalue weighted by atomic mass is 10.1. The Bertz CT molecular complexity index is 878. The topological polar surface area (TPSA) is 90.6 Å². The standard InChI is InChI=1S/C17H19N5O3/c1-24-14-7-3-6-13(15(14)25-2)16(23)18-8-4-5-12-9-19-17-20-11-21-22(17)10-12/h3,6-7,9-11H,4-5,8H2,1-2H3,(H,18,23). The highest BCUT2D eigenvalue weighted by Gasteiger charge is 2.15. The van der Waals surface area contributed by atoms with Gasteiger partial charge in [0, 0.05) is 18.9 Å². The fourth-order valence-electron chi connectivity index (χ4n) is 2.54. The first kappa shape index (κ1) is 16.7. The number of nitrogens with one attached hydrogen (secondary N) is 1. The summed E-state index contributed by atoms with van der Waals surface area (Å²) in [5.41, 5.74) is 1.48. The van der Waals surface area contributed by atoms with Crippen LogP contribution in [0.1, 0.15) is 22.3 Å². The summed E-state index contributed by atoms with van der Waals surface area (Å²) in [6.07, 6.45) is 6.69. The Balaban J connectivity index is 1.56. The maximum absolute atomic E-state index is 12.4. The number of carbonyl (C=O) groups excluding carboxylic acids is 1. The number of amides is 1. The third-order valence-electron chi connectivity index (χ3n) is 3.76. The molecule has 0 atom stereocenters. The number of ether oxygens (including phenoxy) is 2. The Labute approximate surface area is 144 Å². The van der Waals surface area contributed by atoms with Crippen molar-refractivity contribution in [1.29, 1.82) is 0 Å². The molecule has 0 spiro atoms. The molecule has 0 fully saturated rings. The molecule has 0 bridgehead atoms. The first-order valence-electron chi connectivity index (χ1n) is 7.86. The molecule has 0 aliphatic carbocycles. The highest BCUT2D eigenvalue weighted by molar-refractivity contribution is 5.97. The molecule has 0 saturated heterocycles. The van der Waals surface area contributed by atoms with Gasteiger partial charge in [0.25, 0.3) is 11.7 Å². The van der Waals surface area contributed by atoms with Gasteiger partial charge in [-0.3, -0.25) is 4.79 Å². The Hall–Kier alpha value is -3.16. The van der Waals surface area contributed by atoms with Gasteiger partial charge in [0.15, 0.2) is 11.5 Å². The fraction of sp³-hybridized carbons (Fsp3) is 0.294. The van der Waals surface area contributed by atoms with Gasteiger partial charge in [-0.05, 0) is 30.5 Å². The summed E-state index contributed by atoms with van der Waals surface area (Å²) in [4.78, 5) is 20.6. The van der Waals surface area contributed by atoms with Crippen molar-refractivity contribution in [1.82, 2.24) is 24.9 Å². The number of aryl methyl sites for hydroxylation is 1. The predicted molar refractivity (Wildman–Crippen MR) is 91.0 cm³/mol. The predicted octanol–water partition coefficient (Wildman–Crippen LogP) is 1.50. The molecule has 25 heavy (non-hydrogen) atoms. The van der Waals surface area contributed by atoms with Crippen molar-refractivity contribution in [2.24, 2.45) is 0 Å². The van der Waals surface area contributed by atoms with Crippen LogP contribution in [0.2, 0.25) is 0 Å². The second-order valence-electron chi connectivity index (χ2n) is 5.37. The lowest BCUT2D eigenvalue weighted by Gasteiger charge is -2.12. The number of fused-ring (bicyclic) bond motifs is 1. The van der Waals surface area contributed by atoms with Crippen molar-refractivity contribution in [2.75, 3.05) is 20.8 Å². The van der Waals surface area contributed by atoms with Crippen molar-refractivity contribution in [3.8, 4) is 11.5 Å². The van der Waals surface area contributed by atoms with E-state index in [0.717, 1.165) is 18.4 Å². The van der Waals surface area contributed by atoms with E-state index in [1.165, 1.54) is 13.4 Å².